The Morgan fingerprint density at radius 2 is 2.46 bits per heavy atom. The maximum absolute atomic E-state index is 6.13. The maximum atomic E-state index is 6.13. The minimum Gasteiger partial charge on any atom is -0.334 e. The van der Waals surface area contributed by atoms with Crippen molar-refractivity contribution in [3.05, 3.63) is 18.2 Å². The average Bonchev–Trinajstić information content (AvgIpc) is 2.70. The largest absolute Gasteiger partial charge is 0.334 e. The third kappa shape index (κ3) is 1.48. The lowest BCUT2D eigenvalue weighted by molar-refractivity contribution is 0.528. The second-order valence-corrected chi connectivity index (χ2v) is 3.97. The van der Waals surface area contributed by atoms with Gasteiger partial charge in [0, 0.05) is 18.9 Å². The smallest absolute Gasteiger partial charge is 0.125 e. The summed E-state index contributed by atoms with van der Waals surface area (Å²) in [4.78, 5) is 4.32. The van der Waals surface area contributed by atoms with Crippen molar-refractivity contribution in [2.75, 3.05) is 0 Å². The highest BCUT2D eigenvalue weighted by molar-refractivity contribution is 5.05. The fourth-order valence-electron chi connectivity index (χ4n) is 1.93. The summed E-state index contributed by atoms with van der Waals surface area (Å²) >= 11 is 0. The van der Waals surface area contributed by atoms with Gasteiger partial charge in [0.05, 0.1) is 6.04 Å². The van der Waals surface area contributed by atoms with E-state index in [9.17, 15) is 0 Å². The van der Waals surface area contributed by atoms with Gasteiger partial charge in [0.1, 0.15) is 5.82 Å². The first-order valence-corrected chi connectivity index (χ1v) is 5.00. The molecular weight excluding hydrogens is 162 g/mol. The molecule has 0 spiro atoms. The van der Waals surface area contributed by atoms with Crippen molar-refractivity contribution in [3.63, 3.8) is 0 Å². The van der Waals surface area contributed by atoms with Gasteiger partial charge in [0.15, 0.2) is 0 Å². The van der Waals surface area contributed by atoms with E-state index in [1.165, 1.54) is 6.42 Å². The molecule has 0 aliphatic heterocycles. The molecule has 1 fully saturated rings. The molecule has 0 amide bonds. The van der Waals surface area contributed by atoms with Gasteiger partial charge in [0.25, 0.3) is 0 Å². The van der Waals surface area contributed by atoms with Crippen LogP contribution >= 0.6 is 0 Å². The van der Waals surface area contributed by atoms with Gasteiger partial charge in [-0.25, -0.2) is 4.98 Å². The van der Waals surface area contributed by atoms with Gasteiger partial charge in [-0.15, -0.1) is 0 Å². The van der Waals surface area contributed by atoms with Gasteiger partial charge < -0.3 is 10.3 Å². The number of hydrogen-bond acceptors (Lipinski definition) is 2. The van der Waals surface area contributed by atoms with E-state index >= 15 is 0 Å². The zero-order valence-corrected chi connectivity index (χ0v) is 8.27. The third-order valence-corrected chi connectivity index (χ3v) is 3.02. The van der Waals surface area contributed by atoms with Crippen LogP contribution in [0, 0.1) is 11.8 Å². The van der Waals surface area contributed by atoms with Crippen LogP contribution < -0.4 is 5.73 Å². The molecule has 3 heteroatoms. The number of nitrogens with zero attached hydrogens (tertiary/aromatic N) is 2. The summed E-state index contributed by atoms with van der Waals surface area (Å²) in [7, 11) is 0. The van der Waals surface area contributed by atoms with Crippen LogP contribution in [0.1, 0.15) is 32.1 Å². The summed E-state index contributed by atoms with van der Waals surface area (Å²) in [5.74, 6) is 2.50. The lowest BCUT2D eigenvalue weighted by Gasteiger charge is -2.11. The Morgan fingerprint density at radius 1 is 1.77 bits per heavy atom. The van der Waals surface area contributed by atoms with E-state index in [0.29, 0.717) is 5.92 Å². The van der Waals surface area contributed by atoms with Crippen LogP contribution in [-0.2, 0) is 6.54 Å². The van der Waals surface area contributed by atoms with Crippen molar-refractivity contribution >= 4 is 0 Å². The molecule has 3 unspecified atom stereocenters. The summed E-state index contributed by atoms with van der Waals surface area (Å²) in [5.41, 5.74) is 6.13. The van der Waals surface area contributed by atoms with Crippen LogP contribution in [0.2, 0.25) is 0 Å². The minimum atomic E-state index is 0.143. The fraction of sp³-hybridized carbons (Fsp3) is 0.700. The van der Waals surface area contributed by atoms with Crippen LogP contribution in [-0.4, -0.2) is 9.55 Å². The molecule has 1 heterocycles. The van der Waals surface area contributed by atoms with Crippen molar-refractivity contribution in [2.45, 2.75) is 32.9 Å². The number of rotatable bonds is 3. The lowest BCUT2D eigenvalue weighted by atomic mass is 10.1. The Hall–Kier alpha value is -0.830. The van der Waals surface area contributed by atoms with Crippen LogP contribution in [0.25, 0.3) is 0 Å². The molecule has 72 valence electrons. The monoisotopic (exact) mass is 179 g/mol. The highest BCUT2D eigenvalue weighted by Crippen LogP contribution is 2.45. The van der Waals surface area contributed by atoms with Crippen LogP contribution in [0.4, 0.5) is 0 Å². The zero-order chi connectivity index (χ0) is 9.42. The summed E-state index contributed by atoms with van der Waals surface area (Å²) < 4.78 is 2.13. The van der Waals surface area contributed by atoms with Gasteiger partial charge in [-0.05, 0) is 25.2 Å². The first kappa shape index (κ1) is 8.75. The number of aromatic nitrogens is 2. The Balaban J connectivity index is 2.15. The summed E-state index contributed by atoms with van der Waals surface area (Å²) in [6.45, 7) is 5.34. The second kappa shape index (κ2) is 3.14. The van der Waals surface area contributed by atoms with Crippen molar-refractivity contribution < 1.29 is 0 Å². The van der Waals surface area contributed by atoms with Crippen LogP contribution in [0.15, 0.2) is 12.4 Å². The van der Waals surface area contributed by atoms with Crippen molar-refractivity contribution in [1.82, 2.24) is 9.55 Å². The molecule has 2 N–H and O–H groups in total. The van der Waals surface area contributed by atoms with E-state index in [1.807, 2.05) is 12.4 Å². The van der Waals surface area contributed by atoms with E-state index in [1.54, 1.807) is 0 Å². The second-order valence-electron chi connectivity index (χ2n) is 3.97. The molecule has 1 aromatic heterocycles. The van der Waals surface area contributed by atoms with Crippen LogP contribution in [0.5, 0.6) is 0 Å². The third-order valence-electron chi connectivity index (χ3n) is 3.02. The summed E-state index contributed by atoms with van der Waals surface area (Å²) in [6, 6.07) is 0.143. The quantitative estimate of drug-likeness (QED) is 0.765. The van der Waals surface area contributed by atoms with Crippen molar-refractivity contribution in [3.8, 4) is 0 Å². The van der Waals surface area contributed by atoms with Crippen molar-refractivity contribution in [2.24, 2.45) is 17.6 Å². The number of nitrogens with two attached hydrogens (primary N) is 1. The molecule has 0 saturated heterocycles. The molecule has 3 nitrogen and oxygen atoms in total. The van der Waals surface area contributed by atoms with Gasteiger partial charge in [0.2, 0.25) is 0 Å². The Kier molecular flexibility index (Phi) is 2.12. The molecule has 1 aliphatic carbocycles. The molecule has 3 atom stereocenters. The highest BCUT2D eigenvalue weighted by Gasteiger charge is 2.39. The first-order valence-electron chi connectivity index (χ1n) is 5.00. The van der Waals surface area contributed by atoms with E-state index < -0.39 is 0 Å². The molecule has 1 saturated carbocycles. The van der Waals surface area contributed by atoms with Gasteiger partial charge in [-0.2, -0.15) is 0 Å². The van der Waals surface area contributed by atoms with E-state index in [2.05, 4.69) is 23.4 Å². The Labute approximate surface area is 79.0 Å². The predicted octanol–water partition coefficient (Wildman–Crippen LogP) is 1.56. The van der Waals surface area contributed by atoms with Gasteiger partial charge >= 0.3 is 0 Å². The minimum absolute atomic E-state index is 0.143. The van der Waals surface area contributed by atoms with E-state index in [0.717, 1.165) is 18.3 Å². The zero-order valence-electron chi connectivity index (χ0n) is 8.27. The number of imidazole rings is 1. The maximum Gasteiger partial charge on any atom is 0.125 e. The highest BCUT2D eigenvalue weighted by atomic mass is 15.1. The number of hydrogen-bond donors (Lipinski definition) is 1. The standard InChI is InChI=1S/C10H17N3/c1-3-13-5-4-12-10(13)9(11)8-6-7(8)2/h4-5,7-9H,3,6,11H2,1-2H3. The molecular formula is C10H17N3. The Bertz CT molecular complexity index is 292. The average molecular weight is 179 g/mol. The fourth-order valence-corrected chi connectivity index (χ4v) is 1.93. The van der Waals surface area contributed by atoms with Gasteiger partial charge in [-0.1, -0.05) is 6.92 Å². The first-order chi connectivity index (χ1) is 6.24. The SMILES string of the molecule is CCn1ccnc1C(N)C1CC1C. The molecule has 1 aliphatic rings. The molecule has 13 heavy (non-hydrogen) atoms. The predicted molar refractivity (Wildman–Crippen MR) is 52.1 cm³/mol. The lowest BCUT2D eigenvalue weighted by Crippen LogP contribution is -2.18. The summed E-state index contributed by atoms with van der Waals surface area (Å²) in [6.07, 6.45) is 5.10. The molecule has 0 aromatic carbocycles. The Morgan fingerprint density at radius 3 is 3.00 bits per heavy atom. The molecule has 0 radical (unpaired) electrons. The molecule has 1 aromatic rings. The van der Waals surface area contributed by atoms with Gasteiger partial charge in [-0.3, -0.25) is 0 Å². The van der Waals surface area contributed by atoms with Crippen LogP contribution in [0.3, 0.4) is 0 Å². The molecule has 2 rings (SSSR count). The normalized spacial score (nSPS) is 28.8. The topological polar surface area (TPSA) is 43.8 Å². The number of aryl methyl sites for hydroxylation is 1. The van der Waals surface area contributed by atoms with E-state index in [4.69, 9.17) is 5.73 Å². The van der Waals surface area contributed by atoms with E-state index in [-0.39, 0.29) is 6.04 Å². The van der Waals surface area contributed by atoms with Crippen molar-refractivity contribution in [1.29, 1.82) is 0 Å². The summed E-state index contributed by atoms with van der Waals surface area (Å²) in [5, 5.41) is 0. The molecule has 0 bridgehead atoms.